The van der Waals surface area contributed by atoms with Crippen molar-refractivity contribution in [3.05, 3.63) is 12.3 Å². The van der Waals surface area contributed by atoms with E-state index in [1.165, 1.54) is 0 Å². The highest BCUT2D eigenvalue weighted by atomic mass is 16.6. The van der Waals surface area contributed by atoms with Gasteiger partial charge in [0, 0.05) is 25.6 Å². The van der Waals surface area contributed by atoms with Gasteiger partial charge in [-0.25, -0.2) is 9.79 Å². The van der Waals surface area contributed by atoms with E-state index in [1.54, 1.807) is 11.1 Å². The van der Waals surface area contributed by atoms with Crippen LogP contribution >= 0.6 is 0 Å². The number of allylic oxidation sites excluding steroid dienone is 1. The molecule has 2 aliphatic rings. The van der Waals surface area contributed by atoms with Gasteiger partial charge in [-0.15, -0.1) is 0 Å². The van der Waals surface area contributed by atoms with Crippen molar-refractivity contribution in [3.63, 3.8) is 0 Å². The van der Waals surface area contributed by atoms with Crippen LogP contribution in [-0.4, -0.2) is 41.2 Å². The van der Waals surface area contributed by atoms with Crippen LogP contribution < -0.4 is 0 Å². The van der Waals surface area contributed by atoms with Crippen LogP contribution in [0.1, 0.15) is 19.3 Å². The highest BCUT2D eigenvalue weighted by Gasteiger charge is 2.33. The lowest BCUT2D eigenvalue weighted by Gasteiger charge is -2.16. The van der Waals surface area contributed by atoms with Gasteiger partial charge < -0.3 is 9.84 Å². The Bertz CT molecular complexity index is 312. The van der Waals surface area contributed by atoms with Gasteiger partial charge in [0.2, 0.25) is 0 Å². The van der Waals surface area contributed by atoms with E-state index < -0.39 is 0 Å². The number of aliphatic hydroxyl groups excluding tert-OH is 1. The zero-order valence-corrected chi connectivity index (χ0v) is 8.43. The number of ether oxygens (including phenoxy) is 1. The number of amidine groups is 1. The molecule has 0 unspecified atom stereocenters. The molecule has 2 heterocycles. The highest BCUT2D eigenvalue weighted by molar-refractivity contribution is 5.97. The van der Waals surface area contributed by atoms with Gasteiger partial charge in [-0.1, -0.05) is 6.08 Å². The molecule has 5 nitrogen and oxygen atoms in total. The molecule has 0 radical (unpaired) electrons. The fourth-order valence-corrected chi connectivity index (χ4v) is 1.72. The molecule has 0 aromatic rings. The second kappa shape index (κ2) is 4.44. The van der Waals surface area contributed by atoms with Crippen LogP contribution in [-0.2, 0) is 4.74 Å². The van der Waals surface area contributed by atoms with E-state index in [0.29, 0.717) is 13.0 Å². The summed E-state index contributed by atoms with van der Waals surface area (Å²) in [5.41, 5.74) is 0. The first-order chi connectivity index (χ1) is 7.31. The highest BCUT2D eigenvalue weighted by Crippen LogP contribution is 2.18. The van der Waals surface area contributed by atoms with E-state index in [2.05, 4.69) is 4.99 Å². The summed E-state index contributed by atoms with van der Waals surface area (Å²) in [5.74, 6) is 0.767. The topological polar surface area (TPSA) is 62.1 Å². The molecule has 2 aliphatic heterocycles. The van der Waals surface area contributed by atoms with Gasteiger partial charge in [-0.3, -0.25) is 4.90 Å². The van der Waals surface area contributed by atoms with E-state index in [4.69, 9.17) is 9.84 Å². The molecule has 0 aliphatic carbocycles. The number of nitrogens with zero attached hydrogens (tertiary/aromatic N) is 2. The average Bonchev–Trinajstić information content (AvgIpc) is 2.61. The van der Waals surface area contributed by atoms with Gasteiger partial charge >= 0.3 is 6.09 Å². The smallest absolute Gasteiger partial charge is 0.415 e. The molecule has 0 spiro atoms. The minimum absolute atomic E-state index is 0.0398. The van der Waals surface area contributed by atoms with Crippen LogP contribution in [0.15, 0.2) is 17.3 Å². The average molecular weight is 210 g/mol. The predicted molar refractivity (Wildman–Crippen MR) is 54.5 cm³/mol. The van der Waals surface area contributed by atoms with Crippen molar-refractivity contribution in [2.45, 2.75) is 25.4 Å². The van der Waals surface area contributed by atoms with Crippen molar-refractivity contribution in [3.8, 4) is 0 Å². The van der Waals surface area contributed by atoms with E-state index in [-0.39, 0.29) is 18.8 Å². The third-order valence-corrected chi connectivity index (χ3v) is 2.50. The molecule has 2 rings (SSSR count). The summed E-state index contributed by atoms with van der Waals surface area (Å²) < 4.78 is 5.09. The lowest BCUT2D eigenvalue weighted by atomic mass is 10.2. The predicted octanol–water partition coefficient (Wildman–Crippen LogP) is 0.896. The Morgan fingerprint density at radius 1 is 1.67 bits per heavy atom. The molecule has 1 saturated heterocycles. The van der Waals surface area contributed by atoms with Crippen molar-refractivity contribution in [1.29, 1.82) is 0 Å². The standard InChI is InChI=1S/C10H14N2O3/c13-6-4-8-7-12(10(14)15-8)9-3-1-2-5-11-9/h2,5,8,13H,1,3-4,6-7H2/t8-/m0/s1. The summed E-state index contributed by atoms with van der Waals surface area (Å²) in [5, 5.41) is 8.76. The number of hydrogen-bond donors (Lipinski definition) is 1. The third-order valence-electron chi connectivity index (χ3n) is 2.50. The molecule has 0 bridgehead atoms. The Kier molecular flexibility index (Phi) is 3.01. The van der Waals surface area contributed by atoms with Crippen LogP contribution in [0.3, 0.4) is 0 Å². The second-order valence-electron chi connectivity index (χ2n) is 3.60. The largest absolute Gasteiger partial charge is 0.444 e. The van der Waals surface area contributed by atoms with E-state index in [1.807, 2.05) is 6.08 Å². The fraction of sp³-hybridized carbons (Fsp3) is 0.600. The fourth-order valence-electron chi connectivity index (χ4n) is 1.72. The van der Waals surface area contributed by atoms with Gasteiger partial charge in [0.05, 0.1) is 6.54 Å². The van der Waals surface area contributed by atoms with Crippen molar-refractivity contribution in [2.75, 3.05) is 13.2 Å². The van der Waals surface area contributed by atoms with Gasteiger partial charge in [-0.05, 0) is 6.42 Å². The number of carbonyl (C=O) groups excluding carboxylic acids is 1. The van der Waals surface area contributed by atoms with Crippen molar-refractivity contribution in [2.24, 2.45) is 4.99 Å². The molecule has 5 heteroatoms. The first-order valence-corrected chi connectivity index (χ1v) is 5.12. The number of hydrogen-bond acceptors (Lipinski definition) is 4. The van der Waals surface area contributed by atoms with E-state index in [0.717, 1.165) is 18.7 Å². The number of amides is 1. The zero-order chi connectivity index (χ0) is 10.7. The van der Waals surface area contributed by atoms with Crippen LogP contribution in [0.25, 0.3) is 0 Å². The minimum Gasteiger partial charge on any atom is -0.444 e. The Morgan fingerprint density at radius 3 is 3.20 bits per heavy atom. The summed E-state index contributed by atoms with van der Waals surface area (Å²) >= 11 is 0. The number of carbonyl (C=O) groups is 1. The molecule has 0 aromatic heterocycles. The van der Waals surface area contributed by atoms with E-state index in [9.17, 15) is 4.79 Å². The normalized spacial score (nSPS) is 25.4. The molecule has 82 valence electrons. The molecule has 1 fully saturated rings. The zero-order valence-electron chi connectivity index (χ0n) is 8.43. The summed E-state index contributed by atoms with van der Waals surface area (Å²) in [6, 6.07) is 0. The van der Waals surface area contributed by atoms with Crippen LogP contribution in [0, 0.1) is 0 Å². The Morgan fingerprint density at radius 2 is 2.53 bits per heavy atom. The molecule has 1 N–H and O–H groups in total. The first-order valence-electron chi connectivity index (χ1n) is 5.12. The third kappa shape index (κ3) is 2.18. The number of cyclic esters (lactones) is 1. The van der Waals surface area contributed by atoms with Crippen molar-refractivity contribution < 1.29 is 14.6 Å². The Balaban J connectivity index is 2.01. The summed E-state index contributed by atoms with van der Waals surface area (Å²) in [6.45, 7) is 0.546. The maximum atomic E-state index is 11.5. The van der Waals surface area contributed by atoms with Crippen LogP contribution in [0.2, 0.25) is 0 Å². The van der Waals surface area contributed by atoms with Crippen LogP contribution in [0.4, 0.5) is 4.79 Å². The molecule has 15 heavy (non-hydrogen) atoms. The first kappa shape index (κ1) is 10.2. The second-order valence-corrected chi connectivity index (χ2v) is 3.60. The lowest BCUT2D eigenvalue weighted by molar-refractivity contribution is 0.119. The molecular formula is C10H14N2O3. The quantitative estimate of drug-likeness (QED) is 0.736. The Hall–Kier alpha value is -1.36. The molecule has 1 atom stereocenters. The maximum absolute atomic E-state index is 11.5. The number of aliphatic hydroxyl groups is 1. The summed E-state index contributed by atoms with van der Waals surface area (Å²) in [6.07, 6.45) is 5.32. The van der Waals surface area contributed by atoms with Gasteiger partial charge in [-0.2, -0.15) is 0 Å². The van der Waals surface area contributed by atoms with Gasteiger partial charge in [0.25, 0.3) is 0 Å². The van der Waals surface area contributed by atoms with Gasteiger partial charge in [0.1, 0.15) is 11.9 Å². The van der Waals surface area contributed by atoms with Gasteiger partial charge in [0.15, 0.2) is 0 Å². The Labute approximate surface area is 88.0 Å². The SMILES string of the molecule is O=C1O[C@@H](CCO)CN1C1=NC=CCC1. The lowest BCUT2D eigenvalue weighted by Crippen LogP contribution is -2.32. The molecule has 1 amide bonds. The minimum atomic E-state index is -0.345. The van der Waals surface area contributed by atoms with Crippen molar-refractivity contribution in [1.82, 2.24) is 4.90 Å². The number of rotatable bonds is 2. The number of aliphatic imine (C=N–C) groups is 1. The maximum Gasteiger partial charge on any atom is 0.415 e. The molecular weight excluding hydrogens is 196 g/mol. The van der Waals surface area contributed by atoms with E-state index >= 15 is 0 Å². The monoisotopic (exact) mass is 210 g/mol. The summed E-state index contributed by atoms with van der Waals surface area (Å²) in [4.78, 5) is 17.2. The van der Waals surface area contributed by atoms with Crippen molar-refractivity contribution >= 4 is 11.9 Å². The van der Waals surface area contributed by atoms with Crippen LogP contribution in [0.5, 0.6) is 0 Å². The summed E-state index contributed by atoms with van der Waals surface area (Å²) in [7, 11) is 0. The molecule has 0 saturated carbocycles. The molecule has 0 aromatic carbocycles.